The zero-order valence-corrected chi connectivity index (χ0v) is 26.0. The van der Waals surface area contributed by atoms with Crippen LogP contribution in [0.1, 0.15) is 50.3 Å². The topological polar surface area (TPSA) is 86.8 Å². The van der Waals surface area contributed by atoms with Crippen molar-refractivity contribution in [3.63, 3.8) is 0 Å². The molecular weight excluding hydrogens is 558 g/mol. The highest BCUT2D eigenvalue weighted by molar-refractivity contribution is 7.92. The molecule has 0 saturated carbocycles. The Morgan fingerprint density at radius 3 is 2.22 bits per heavy atom. The lowest BCUT2D eigenvalue weighted by Crippen LogP contribution is -2.54. The lowest BCUT2D eigenvalue weighted by molar-refractivity contribution is -0.142. The van der Waals surface area contributed by atoms with Gasteiger partial charge >= 0.3 is 0 Å². The molecule has 0 aliphatic rings. The second kappa shape index (κ2) is 14.0. The van der Waals surface area contributed by atoms with E-state index in [4.69, 9.17) is 11.6 Å². The van der Waals surface area contributed by atoms with Crippen molar-refractivity contribution in [2.45, 2.75) is 65.1 Å². The van der Waals surface area contributed by atoms with Gasteiger partial charge in [-0.25, -0.2) is 8.42 Å². The van der Waals surface area contributed by atoms with Crippen molar-refractivity contribution in [3.05, 3.63) is 101 Å². The molecule has 0 radical (unpaired) electrons. The normalized spacial score (nSPS) is 12.4. The predicted molar refractivity (Wildman–Crippen MR) is 166 cm³/mol. The summed E-state index contributed by atoms with van der Waals surface area (Å²) in [6.45, 7) is 7.86. The molecule has 0 heterocycles. The number of carbonyl (C=O) groups is 2. The number of nitrogens with zero attached hydrogens (tertiary/aromatic N) is 2. The zero-order valence-electron chi connectivity index (χ0n) is 24.4. The first-order chi connectivity index (χ1) is 19.2. The van der Waals surface area contributed by atoms with Crippen LogP contribution >= 0.6 is 11.6 Å². The molecule has 3 aromatic rings. The van der Waals surface area contributed by atoms with Crippen LogP contribution in [0.15, 0.2) is 78.9 Å². The van der Waals surface area contributed by atoms with Crippen molar-refractivity contribution < 1.29 is 18.0 Å². The summed E-state index contributed by atoms with van der Waals surface area (Å²) in [7, 11) is -3.57. The number of halogens is 1. The Morgan fingerprint density at radius 2 is 1.61 bits per heavy atom. The van der Waals surface area contributed by atoms with Crippen LogP contribution in [0.4, 0.5) is 5.69 Å². The molecule has 220 valence electrons. The second-order valence-corrected chi connectivity index (χ2v) is 13.6. The molecular formula is C32H40ClN3O4S. The largest absolute Gasteiger partial charge is 0.350 e. The Labute approximate surface area is 249 Å². The molecule has 0 saturated heterocycles. The van der Waals surface area contributed by atoms with Crippen LogP contribution in [0.5, 0.6) is 0 Å². The smallest absolute Gasteiger partial charge is 0.243 e. The van der Waals surface area contributed by atoms with E-state index in [0.717, 1.165) is 22.9 Å². The number of benzene rings is 3. The summed E-state index contributed by atoms with van der Waals surface area (Å²) in [6, 6.07) is 23.3. The number of amides is 2. The molecule has 0 aliphatic heterocycles. The van der Waals surface area contributed by atoms with Crippen LogP contribution in [-0.2, 0) is 32.6 Å². The summed E-state index contributed by atoms with van der Waals surface area (Å²) in [5.41, 5.74) is 2.63. The third-order valence-corrected chi connectivity index (χ3v) is 8.07. The molecule has 1 atom stereocenters. The number of nitrogens with one attached hydrogen (secondary N) is 1. The molecule has 41 heavy (non-hydrogen) atoms. The second-order valence-electron chi connectivity index (χ2n) is 11.3. The van der Waals surface area contributed by atoms with E-state index in [1.54, 1.807) is 29.2 Å². The van der Waals surface area contributed by atoms with Gasteiger partial charge in [-0.05, 0) is 69.0 Å². The number of hydrogen-bond donors (Lipinski definition) is 1. The molecule has 3 rings (SSSR count). The van der Waals surface area contributed by atoms with Crippen LogP contribution in [0.3, 0.4) is 0 Å². The Balaban J connectivity index is 1.91. The van der Waals surface area contributed by atoms with Crippen LogP contribution in [-0.4, -0.2) is 49.5 Å². The van der Waals surface area contributed by atoms with Gasteiger partial charge in [-0.2, -0.15) is 0 Å². The van der Waals surface area contributed by atoms with E-state index in [9.17, 15) is 18.0 Å². The fourth-order valence-corrected chi connectivity index (χ4v) is 5.76. The standard InChI is InChI=1S/C32H40ClN3O4S/c1-24-13-11-17-27(21-24)36(41(5,39)40)20-12-19-30(37)35(23-26-16-9-10-18-28(26)33)29(31(38)34-32(2,3)4)22-25-14-7-6-8-15-25/h6-11,13-18,21,29H,12,19-20,22-23H2,1-5H3,(H,34,38)/t29-/m0/s1. The minimum atomic E-state index is -3.57. The maximum atomic E-state index is 13.9. The van der Waals surface area contributed by atoms with Gasteiger partial charge in [0.2, 0.25) is 21.8 Å². The first-order valence-corrected chi connectivity index (χ1v) is 15.9. The minimum absolute atomic E-state index is 0.0520. The number of sulfonamides is 1. The van der Waals surface area contributed by atoms with Gasteiger partial charge in [-0.15, -0.1) is 0 Å². The number of carbonyl (C=O) groups excluding carboxylic acids is 2. The SMILES string of the molecule is Cc1cccc(N(CCCC(=O)N(Cc2ccccc2Cl)[C@@H](Cc2ccccc2)C(=O)NC(C)(C)C)S(C)(=O)=O)c1. The number of hydrogen-bond acceptors (Lipinski definition) is 4. The molecule has 0 unspecified atom stereocenters. The molecule has 0 bridgehead atoms. The van der Waals surface area contributed by atoms with E-state index < -0.39 is 21.6 Å². The van der Waals surface area contributed by atoms with E-state index in [2.05, 4.69) is 5.32 Å². The van der Waals surface area contributed by atoms with Crippen molar-refractivity contribution in [1.29, 1.82) is 0 Å². The predicted octanol–water partition coefficient (Wildman–Crippen LogP) is 5.75. The molecule has 1 N–H and O–H groups in total. The fourth-order valence-electron chi connectivity index (χ4n) is 4.60. The van der Waals surface area contributed by atoms with Crippen molar-refractivity contribution in [2.75, 3.05) is 17.1 Å². The van der Waals surface area contributed by atoms with E-state index >= 15 is 0 Å². The summed E-state index contributed by atoms with van der Waals surface area (Å²) >= 11 is 6.49. The third-order valence-electron chi connectivity index (χ3n) is 6.51. The van der Waals surface area contributed by atoms with Gasteiger partial charge in [-0.1, -0.05) is 72.3 Å². The quantitative estimate of drug-likeness (QED) is 0.288. The number of aryl methyl sites for hydroxylation is 1. The number of rotatable bonds is 12. The van der Waals surface area contributed by atoms with E-state index in [0.29, 0.717) is 17.1 Å². The third kappa shape index (κ3) is 9.90. The molecule has 7 nitrogen and oxygen atoms in total. The molecule has 9 heteroatoms. The summed E-state index contributed by atoms with van der Waals surface area (Å²) < 4.78 is 26.6. The zero-order chi connectivity index (χ0) is 30.2. The summed E-state index contributed by atoms with van der Waals surface area (Å²) in [6.07, 6.45) is 1.81. The van der Waals surface area contributed by atoms with Crippen molar-refractivity contribution in [2.24, 2.45) is 0 Å². The van der Waals surface area contributed by atoms with Crippen molar-refractivity contribution in [1.82, 2.24) is 10.2 Å². The van der Waals surface area contributed by atoms with Crippen LogP contribution < -0.4 is 9.62 Å². The van der Waals surface area contributed by atoms with Crippen LogP contribution in [0.25, 0.3) is 0 Å². The highest BCUT2D eigenvalue weighted by Gasteiger charge is 2.32. The molecule has 0 fully saturated rings. The minimum Gasteiger partial charge on any atom is -0.350 e. The average Bonchev–Trinajstić information content (AvgIpc) is 2.88. The first kappa shape index (κ1) is 32.2. The van der Waals surface area contributed by atoms with E-state index in [1.807, 2.05) is 82.3 Å². The highest BCUT2D eigenvalue weighted by Crippen LogP contribution is 2.23. The van der Waals surface area contributed by atoms with Gasteiger partial charge in [0.1, 0.15) is 6.04 Å². The van der Waals surface area contributed by atoms with Gasteiger partial charge < -0.3 is 10.2 Å². The number of anilines is 1. The van der Waals surface area contributed by atoms with Gasteiger partial charge in [0.25, 0.3) is 0 Å². The average molecular weight is 598 g/mol. The van der Waals surface area contributed by atoms with E-state index in [-0.39, 0.29) is 37.7 Å². The molecule has 3 aromatic carbocycles. The lowest BCUT2D eigenvalue weighted by Gasteiger charge is -2.34. The Bertz CT molecular complexity index is 1440. The Kier molecular flexibility index (Phi) is 11.0. The van der Waals surface area contributed by atoms with Gasteiger partial charge in [0.15, 0.2) is 0 Å². The molecule has 0 aromatic heterocycles. The maximum absolute atomic E-state index is 13.9. The Morgan fingerprint density at radius 1 is 0.951 bits per heavy atom. The van der Waals surface area contributed by atoms with Gasteiger partial charge in [-0.3, -0.25) is 13.9 Å². The highest BCUT2D eigenvalue weighted by atomic mass is 35.5. The van der Waals surface area contributed by atoms with Crippen LogP contribution in [0, 0.1) is 6.92 Å². The lowest BCUT2D eigenvalue weighted by atomic mass is 10.00. The monoisotopic (exact) mass is 597 g/mol. The van der Waals surface area contributed by atoms with Crippen molar-refractivity contribution >= 4 is 39.1 Å². The summed E-state index contributed by atoms with van der Waals surface area (Å²) in [4.78, 5) is 29.2. The van der Waals surface area contributed by atoms with E-state index in [1.165, 1.54) is 4.31 Å². The first-order valence-electron chi connectivity index (χ1n) is 13.7. The molecule has 0 spiro atoms. The molecule has 2 amide bonds. The van der Waals surface area contributed by atoms with Gasteiger partial charge in [0, 0.05) is 36.5 Å². The molecule has 0 aliphatic carbocycles. The van der Waals surface area contributed by atoms with Gasteiger partial charge in [0.05, 0.1) is 11.9 Å². The fraction of sp³-hybridized carbons (Fsp3) is 0.375. The summed E-state index contributed by atoms with van der Waals surface area (Å²) in [5.74, 6) is -0.521. The summed E-state index contributed by atoms with van der Waals surface area (Å²) in [5, 5.41) is 3.55. The maximum Gasteiger partial charge on any atom is 0.243 e. The van der Waals surface area contributed by atoms with Crippen LogP contribution in [0.2, 0.25) is 5.02 Å². The van der Waals surface area contributed by atoms with Crippen molar-refractivity contribution in [3.8, 4) is 0 Å². The Hall–Kier alpha value is -3.36.